The number of ether oxygens (including phenoxy) is 1. The van der Waals surface area contributed by atoms with Gasteiger partial charge in [-0.25, -0.2) is 4.98 Å². The average molecular weight is 256 g/mol. The smallest absolute Gasteiger partial charge is 0.133 e. The second-order valence-electron chi connectivity index (χ2n) is 5.23. The number of aromatic nitrogens is 1. The van der Waals surface area contributed by atoms with E-state index in [0.29, 0.717) is 0 Å². The highest BCUT2D eigenvalue weighted by Crippen LogP contribution is 2.31. The largest absolute Gasteiger partial charge is 0.496 e. The van der Waals surface area contributed by atoms with Crippen molar-refractivity contribution in [1.82, 2.24) is 4.98 Å². The van der Waals surface area contributed by atoms with Crippen LogP contribution in [-0.4, -0.2) is 18.6 Å². The maximum atomic E-state index is 5.40. The molecule has 0 saturated heterocycles. The molecule has 0 aliphatic heterocycles. The molecule has 1 aromatic carbocycles. The van der Waals surface area contributed by atoms with Crippen LogP contribution in [0.1, 0.15) is 25.7 Å². The minimum atomic E-state index is 0.905. The van der Waals surface area contributed by atoms with Gasteiger partial charge < -0.3 is 10.1 Å². The summed E-state index contributed by atoms with van der Waals surface area (Å²) in [6, 6.07) is 8.10. The van der Waals surface area contributed by atoms with Crippen LogP contribution in [0.15, 0.2) is 30.5 Å². The van der Waals surface area contributed by atoms with Gasteiger partial charge in [0.1, 0.15) is 11.6 Å². The SMILES string of the molecule is COc1cccc2c(NCCC3CCC3)nccc12. The molecule has 1 saturated carbocycles. The van der Waals surface area contributed by atoms with E-state index in [9.17, 15) is 0 Å². The topological polar surface area (TPSA) is 34.1 Å². The average Bonchev–Trinajstić information content (AvgIpc) is 2.41. The molecule has 1 fully saturated rings. The molecule has 3 nitrogen and oxygen atoms in total. The number of methoxy groups -OCH3 is 1. The molecule has 3 heteroatoms. The van der Waals surface area contributed by atoms with Gasteiger partial charge in [-0.1, -0.05) is 31.4 Å². The third-order valence-electron chi connectivity index (χ3n) is 4.06. The molecule has 19 heavy (non-hydrogen) atoms. The number of benzene rings is 1. The fourth-order valence-electron chi connectivity index (χ4n) is 2.67. The summed E-state index contributed by atoms with van der Waals surface area (Å²) >= 11 is 0. The molecular weight excluding hydrogens is 236 g/mol. The van der Waals surface area contributed by atoms with E-state index in [0.717, 1.165) is 34.8 Å². The van der Waals surface area contributed by atoms with Crippen LogP contribution >= 0.6 is 0 Å². The first-order valence-electron chi connectivity index (χ1n) is 7.04. The van der Waals surface area contributed by atoms with Crippen LogP contribution in [0.25, 0.3) is 10.8 Å². The summed E-state index contributed by atoms with van der Waals surface area (Å²) in [4.78, 5) is 4.46. The van der Waals surface area contributed by atoms with E-state index in [-0.39, 0.29) is 0 Å². The fraction of sp³-hybridized carbons (Fsp3) is 0.438. The van der Waals surface area contributed by atoms with Crippen LogP contribution in [-0.2, 0) is 0 Å². The Kier molecular flexibility index (Phi) is 3.53. The Morgan fingerprint density at radius 2 is 2.16 bits per heavy atom. The molecule has 0 spiro atoms. The summed E-state index contributed by atoms with van der Waals surface area (Å²) < 4.78 is 5.40. The number of hydrogen-bond donors (Lipinski definition) is 1. The normalized spacial score (nSPS) is 15.2. The highest BCUT2D eigenvalue weighted by atomic mass is 16.5. The van der Waals surface area contributed by atoms with Gasteiger partial charge in [0.2, 0.25) is 0 Å². The van der Waals surface area contributed by atoms with E-state index < -0.39 is 0 Å². The Balaban J connectivity index is 1.78. The van der Waals surface area contributed by atoms with Crippen LogP contribution in [0.3, 0.4) is 0 Å². The van der Waals surface area contributed by atoms with Crippen molar-refractivity contribution in [2.24, 2.45) is 5.92 Å². The van der Waals surface area contributed by atoms with Crippen molar-refractivity contribution < 1.29 is 4.74 Å². The van der Waals surface area contributed by atoms with Gasteiger partial charge in [0, 0.05) is 23.5 Å². The van der Waals surface area contributed by atoms with E-state index in [1.807, 2.05) is 24.4 Å². The van der Waals surface area contributed by atoms with Crippen molar-refractivity contribution in [3.8, 4) is 5.75 Å². The number of fused-ring (bicyclic) bond motifs is 1. The lowest BCUT2D eigenvalue weighted by atomic mass is 9.83. The predicted molar refractivity (Wildman–Crippen MR) is 78.7 cm³/mol. The Bertz CT molecular complexity index is 564. The summed E-state index contributed by atoms with van der Waals surface area (Å²) in [5.41, 5.74) is 0. The summed E-state index contributed by atoms with van der Waals surface area (Å²) in [5, 5.41) is 5.72. The maximum Gasteiger partial charge on any atom is 0.133 e. The third-order valence-corrected chi connectivity index (χ3v) is 4.06. The molecule has 1 aromatic heterocycles. The standard InChI is InChI=1S/C16H20N2O/c1-19-15-7-3-6-14-13(15)9-11-18-16(14)17-10-8-12-4-2-5-12/h3,6-7,9,11-12H,2,4-5,8,10H2,1H3,(H,17,18). The predicted octanol–water partition coefficient (Wildman–Crippen LogP) is 3.85. The fourth-order valence-corrected chi connectivity index (χ4v) is 2.67. The summed E-state index contributed by atoms with van der Waals surface area (Å²) in [7, 11) is 1.71. The van der Waals surface area contributed by atoms with Crippen LogP contribution in [0, 0.1) is 5.92 Å². The number of nitrogens with one attached hydrogen (secondary N) is 1. The summed E-state index contributed by atoms with van der Waals surface area (Å²) in [6.45, 7) is 1.01. The van der Waals surface area contributed by atoms with Crippen molar-refractivity contribution >= 4 is 16.6 Å². The molecule has 1 heterocycles. The van der Waals surface area contributed by atoms with Gasteiger partial charge in [-0.05, 0) is 24.5 Å². The molecule has 0 amide bonds. The third kappa shape index (κ3) is 2.50. The van der Waals surface area contributed by atoms with Gasteiger partial charge in [-0.3, -0.25) is 0 Å². The van der Waals surface area contributed by atoms with Gasteiger partial charge >= 0.3 is 0 Å². The molecule has 0 bridgehead atoms. The van der Waals surface area contributed by atoms with Gasteiger partial charge in [0.15, 0.2) is 0 Å². The quantitative estimate of drug-likeness (QED) is 0.882. The number of rotatable bonds is 5. The molecule has 1 N–H and O–H groups in total. The lowest BCUT2D eigenvalue weighted by Gasteiger charge is -2.25. The van der Waals surface area contributed by atoms with E-state index in [1.165, 1.54) is 25.7 Å². The van der Waals surface area contributed by atoms with Crippen molar-refractivity contribution in [3.63, 3.8) is 0 Å². The molecule has 1 aliphatic rings. The molecule has 3 rings (SSSR count). The van der Waals surface area contributed by atoms with E-state index in [4.69, 9.17) is 4.74 Å². The molecule has 0 atom stereocenters. The molecule has 2 aromatic rings. The van der Waals surface area contributed by atoms with E-state index in [2.05, 4.69) is 16.4 Å². The summed E-state index contributed by atoms with van der Waals surface area (Å²) in [6.07, 6.45) is 7.31. The van der Waals surface area contributed by atoms with Crippen LogP contribution in [0.2, 0.25) is 0 Å². The monoisotopic (exact) mass is 256 g/mol. The molecular formula is C16H20N2O. The Hall–Kier alpha value is -1.77. The van der Waals surface area contributed by atoms with Gasteiger partial charge in [-0.2, -0.15) is 0 Å². The first-order chi connectivity index (χ1) is 9.38. The van der Waals surface area contributed by atoms with Gasteiger partial charge in [0.25, 0.3) is 0 Å². The molecule has 100 valence electrons. The number of nitrogens with zero attached hydrogens (tertiary/aromatic N) is 1. The van der Waals surface area contributed by atoms with Crippen LogP contribution in [0.4, 0.5) is 5.82 Å². The van der Waals surface area contributed by atoms with E-state index in [1.54, 1.807) is 7.11 Å². The van der Waals surface area contributed by atoms with Crippen molar-refractivity contribution in [2.45, 2.75) is 25.7 Å². The Labute approximate surface area is 114 Å². The van der Waals surface area contributed by atoms with Gasteiger partial charge in [0.05, 0.1) is 7.11 Å². The van der Waals surface area contributed by atoms with Crippen LogP contribution in [0.5, 0.6) is 5.75 Å². The zero-order chi connectivity index (χ0) is 13.1. The van der Waals surface area contributed by atoms with Gasteiger partial charge in [-0.15, -0.1) is 0 Å². The maximum absolute atomic E-state index is 5.40. The second-order valence-corrected chi connectivity index (χ2v) is 5.23. The summed E-state index contributed by atoms with van der Waals surface area (Å²) in [5.74, 6) is 2.80. The lowest BCUT2D eigenvalue weighted by molar-refractivity contribution is 0.303. The first kappa shape index (κ1) is 12.3. The molecule has 0 radical (unpaired) electrons. The first-order valence-corrected chi connectivity index (χ1v) is 7.04. The zero-order valence-corrected chi connectivity index (χ0v) is 11.4. The minimum Gasteiger partial charge on any atom is -0.496 e. The highest BCUT2D eigenvalue weighted by molar-refractivity contribution is 5.95. The Morgan fingerprint density at radius 1 is 1.26 bits per heavy atom. The van der Waals surface area contributed by atoms with Crippen molar-refractivity contribution in [2.75, 3.05) is 19.0 Å². The Morgan fingerprint density at radius 3 is 2.89 bits per heavy atom. The number of anilines is 1. The highest BCUT2D eigenvalue weighted by Gasteiger charge is 2.16. The molecule has 0 unspecified atom stereocenters. The second kappa shape index (κ2) is 5.47. The number of pyridine rings is 1. The lowest BCUT2D eigenvalue weighted by Crippen LogP contribution is -2.16. The number of hydrogen-bond acceptors (Lipinski definition) is 3. The zero-order valence-electron chi connectivity index (χ0n) is 11.4. The van der Waals surface area contributed by atoms with E-state index >= 15 is 0 Å². The van der Waals surface area contributed by atoms with Crippen LogP contribution < -0.4 is 10.1 Å². The molecule has 1 aliphatic carbocycles. The minimum absolute atomic E-state index is 0.905. The van der Waals surface area contributed by atoms with Crippen molar-refractivity contribution in [1.29, 1.82) is 0 Å². The van der Waals surface area contributed by atoms with Crippen molar-refractivity contribution in [3.05, 3.63) is 30.5 Å².